The molecule has 1 aliphatic heterocycles. The van der Waals surface area contributed by atoms with E-state index in [0.29, 0.717) is 37.4 Å². The lowest BCUT2D eigenvalue weighted by molar-refractivity contribution is -0.129. The first-order chi connectivity index (χ1) is 9.38. The zero-order chi connectivity index (χ0) is 14.8. The lowest BCUT2D eigenvalue weighted by atomic mass is 10.2. The molecule has 0 aromatic heterocycles. The van der Waals surface area contributed by atoms with Crippen molar-refractivity contribution in [3.8, 4) is 0 Å². The molecule has 1 aromatic carbocycles. The number of nitrogens with two attached hydrogens (primary N) is 1. The summed E-state index contributed by atoms with van der Waals surface area (Å²) in [5, 5.41) is 0. The first-order valence-electron chi connectivity index (χ1n) is 6.46. The van der Waals surface area contributed by atoms with Gasteiger partial charge in [-0.1, -0.05) is 12.1 Å². The molecule has 2 N–H and O–H groups in total. The van der Waals surface area contributed by atoms with Crippen LogP contribution < -0.4 is 5.73 Å². The fraction of sp³-hybridized carbons (Fsp3) is 0.462. The average molecular weight is 297 g/mol. The molecule has 7 heteroatoms. The lowest BCUT2D eigenvalue weighted by Crippen LogP contribution is -2.50. The summed E-state index contributed by atoms with van der Waals surface area (Å²) in [6.45, 7) is 3.10. The SMILES string of the molecule is CC(=O)N1CCN(S(=O)(=O)Cc2cccc(N)c2)CC1. The zero-order valence-corrected chi connectivity index (χ0v) is 12.3. The van der Waals surface area contributed by atoms with Gasteiger partial charge in [-0.15, -0.1) is 0 Å². The number of piperazine rings is 1. The molecule has 1 aromatic rings. The molecule has 6 nitrogen and oxygen atoms in total. The number of anilines is 1. The Bertz CT molecular complexity index is 593. The molecular weight excluding hydrogens is 278 g/mol. The second kappa shape index (κ2) is 5.80. The van der Waals surface area contributed by atoms with E-state index in [-0.39, 0.29) is 11.7 Å². The van der Waals surface area contributed by atoms with Gasteiger partial charge in [-0.2, -0.15) is 4.31 Å². The van der Waals surface area contributed by atoms with E-state index in [2.05, 4.69) is 0 Å². The molecule has 0 bridgehead atoms. The van der Waals surface area contributed by atoms with Crippen LogP contribution >= 0.6 is 0 Å². The number of benzene rings is 1. The number of sulfonamides is 1. The van der Waals surface area contributed by atoms with Crippen molar-refractivity contribution in [2.75, 3.05) is 31.9 Å². The molecule has 0 atom stereocenters. The van der Waals surface area contributed by atoms with Crippen LogP contribution in [0.1, 0.15) is 12.5 Å². The number of carbonyl (C=O) groups is 1. The molecule has 110 valence electrons. The quantitative estimate of drug-likeness (QED) is 0.811. The summed E-state index contributed by atoms with van der Waals surface area (Å²) in [5.74, 6) is -0.0733. The standard InChI is InChI=1S/C13H19N3O3S/c1-11(17)15-5-7-16(8-6-15)20(18,19)10-12-3-2-4-13(14)9-12/h2-4,9H,5-8,10,14H2,1H3. The third-order valence-electron chi connectivity index (χ3n) is 3.38. The maximum Gasteiger partial charge on any atom is 0.219 e. The van der Waals surface area contributed by atoms with E-state index in [1.165, 1.54) is 11.2 Å². The molecule has 1 aliphatic rings. The van der Waals surface area contributed by atoms with Crippen LogP contribution in [0.2, 0.25) is 0 Å². The fourth-order valence-electron chi connectivity index (χ4n) is 2.27. The molecule has 2 rings (SSSR count). The van der Waals surface area contributed by atoms with Gasteiger partial charge in [0.25, 0.3) is 0 Å². The van der Waals surface area contributed by atoms with Gasteiger partial charge in [-0.3, -0.25) is 4.79 Å². The monoisotopic (exact) mass is 297 g/mol. The van der Waals surface area contributed by atoms with E-state index in [4.69, 9.17) is 5.73 Å². The second-order valence-electron chi connectivity index (χ2n) is 4.91. The van der Waals surface area contributed by atoms with Gasteiger partial charge in [0.05, 0.1) is 5.75 Å². The minimum absolute atomic E-state index is 0.0159. The Morgan fingerprint density at radius 1 is 1.25 bits per heavy atom. The Morgan fingerprint density at radius 3 is 2.45 bits per heavy atom. The van der Waals surface area contributed by atoms with Crippen molar-refractivity contribution in [2.24, 2.45) is 0 Å². The van der Waals surface area contributed by atoms with Gasteiger partial charge in [0.1, 0.15) is 0 Å². The molecule has 1 amide bonds. The van der Waals surface area contributed by atoms with E-state index in [9.17, 15) is 13.2 Å². The smallest absolute Gasteiger partial charge is 0.219 e. The Hall–Kier alpha value is -1.60. The normalized spacial score (nSPS) is 17.1. The molecule has 1 fully saturated rings. The lowest BCUT2D eigenvalue weighted by Gasteiger charge is -2.33. The van der Waals surface area contributed by atoms with Crippen molar-refractivity contribution in [3.63, 3.8) is 0 Å². The van der Waals surface area contributed by atoms with E-state index in [1.807, 2.05) is 0 Å². The summed E-state index contributed by atoms with van der Waals surface area (Å²) in [5.41, 5.74) is 6.89. The highest BCUT2D eigenvalue weighted by atomic mass is 32.2. The number of nitrogens with zero attached hydrogens (tertiary/aromatic N) is 2. The number of amides is 1. The third kappa shape index (κ3) is 3.49. The minimum Gasteiger partial charge on any atom is -0.399 e. The number of rotatable bonds is 3. The molecule has 0 spiro atoms. The fourth-order valence-corrected chi connectivity index (χ4v) is 3.77. The van der Waals surface area contributed by atoms with Crippen molar-refractivity contribution in [1.82, 2.24) is 9.21 Å². The maximum atomic E-state index is 12.3. The molecular formula is C13H19N3O3S. The first-order valence-corrected chi connectivity index (χ1v) is 8.07. The van der Waals surface area contributed by atoms with Crippen LogP contribution in [-0.2, 0) is 20.6 Å². The van der Waals surface area contributed by atoms with Gasteiger partial charge in [-0.05, 0) is 17.7 Å². The number of hydrogen-bond donors (Lipinski definition) is 1. The second-order valence-corrected chi connectivity index (χ2v) is 6.88. The molecule has 0 radical (unpaired) electrons. The van der Waals surface area contributed by atoms with Crippen LogP contribution in [0.5, 0.6) is 0 Å². The van der Waals surface area contributed by atoms with Gasteiger partial charge in [0.15, 0.2) is 0 Å². The number of hydrogen-bond acceptors (Lipinski definition) is 4. The first kappa shape index (κ1) is 14.8. The summed E-state index contributed by atoms with van der Waals surface area (Å²) >= 11 is 0. The largest absolute Gasteiger partial charge is 0.399 e. The predicted octanol–water partition coefficient (Wildman–Crippen LogP) is 0.263. The Morgan fingerprint density at radius 2 is 1.90 bits per heavy atom. The summed E-state index contributed by atoms with van der Waals surface area (Å²) < 4.78 is 26.1. The third-order valence-corrected chi connectivity index (χ3v) is 5.23. The highest BCUT2D eigenvalue weighted by molar-refractivity contribution is 7.88. The van der Waals surface area contributed by atoms with Crippen LogP contribution in [0.25, 0.3) is 0 Å². The van der Waals surface area contributed by atoms with E-state index in [0.717, 1.165) is 0 Å². The van der Waals surface area contributed by atoms with Crippen LogP contribution in [0, 0.1) is 0 Å². The van der Waals surface area contributed by atoms with Crippen molar-refractivity contribution < 1.29 is 13.2 Å². The summed E-state index contributed by atoms with van der Waals surface area (Å²) in [6.07, 6.45) is 0. The van der Waals surface area contributed by atoms with Crippen LogP contribution in [0.15, 0.2) is 24.3 Å². The van der Waals surface area contributed by atoms with Crippen LogP contribution in [0.4, 0.5) is 5.69 Å². The number of carbonyl (C=O) groups excluding carboxylic acids is 1. The van der Waals surface area contributed by atoms with Gasteiger partial charge in [0, 0.05) is 38.8 Å². The van der Waals surface area contributed by atoms with Crippen LogP contribution in [-0.4, -0.2) is 49.7 Å². The van der Waals surface area contributed by atoms with E-state index >= 15 is 0 Å². The molecule has 0 unspecified atom stereocenters. The summed E-state index contributed by atoms with van der Waals surface area (Å²) in [7, 11) is -3.36. The highest BCUT2D eigenvalue weighted by Gasteiger charge is 2.27. The molecule has 20 heavy (non-hydrogen) atoms. The molecule has 0 saturated carbocycles. The summed E-state index contributed by atoms with van der Waals surface area (Å²) in [4.78, 5) is 12.9. The minimum atomic E-state index is -3.36. The average Bonchev–Trinajstić information content (AvgIpc) is 2.38. The number of nitrogen functional groups attached to an aromatic ring is 1. The predicted molar refractivity (Wildman–Crippen MR) is 77.3 cm³/mol. The van der Waals surface area contributed by atoms with Crippen molar-refractivity contribution in [3.05, 3.63) is 29.8 Å². The Labute approximate surface area is 119 Å². The van der Waals surface area contributed by atoms with Gasteiger partial charge in [0.2, 0.25) is 15.9 Å². The molecule has 1 heterocycles. The van der Waals surface area contributed by atoms with Gasteiger partial charge in [-0.25, -0.2) is 8.42 Å². The topological polar surface area (TPSA) is 83.7 Å². The van der Waals surface area contributed by atoms with Crippen LogP contribution in [0.3, 0.4) is 0 Å². The Kier molecular flexibility index (Phi) is 4.29. The summed E-state index contributed by atoms with van der Waals surface area (Å²) in [6, 6.07) is 6.89. The zero-order valence-electron chi connectivity index (χ0n) is 11.4. The van der Waals surface area contributed by atoms with Gasteiger partial charge >= 0.3 is 0 Å². The molecule has 0 aliphatic carbocycles. The highest BCUT2D eigenvalue weighted by Crippen LogP contribution is 2.15. The Balaban J connectivity index is 2.03. The van der Waals surface area contributed by atoms with E-state index < -0.39 is 10.0 Å². The van der Waals surface area contributed by atoms with Crippen molar-refractivity contribution in [1.29, 1.82) is 0 Å². The van der Waals surface area contributed by atoms with Gasteiger partial charge < -0.3 is 10.6 Å². The molecule has 1 saturated heterocycles. The van der Waals surface area contributed by atoms with Crippen molar-refractivity contribution in [2.45, 2.75) is 12.7 Å². The van der Waals surface area contributed by atoms with E-state index in [1.54, 1.807) is 29.2 Å². The maximum absolute atomic E-state index is 12.3. The van der Waals surface area contributed by atoms with Crippen molar-refractivity contribution >= 4 is 21.6 Å².